The predicted molar refractivity (Wildman–Crippen MR) is 105 cm³/mol. The molecule has 27 heavy (non-hydrogen) atoms. The Morgan fingerprint density at radius 1 is 0.815 bits per heavy atom. The highest BCUT2D eigenvalue weighted by Gasteiger charge is 2.24. The van der Waals surface area contributed by atoms with E-state index in [1.54, 1.807) is 26.0 Å². The van der Waals surface area contributed by atoms with Crippen LogP contribution in [0, 0.1) is 20.2 Å². The minimum atomic E-state index is -0.601. The number of nitrogens with two attached hydrogens (primary N) is 2. The average Bonchev–Trinajstić information content (AvgIpc) is 2.59. The predicted octanol–water partition coefficient (Wildman–Crippen LogP) is 4.53. The Kier molecular flexibility index (Phi) is 5.76. The molecule has 0 bridgehead atoms. The fourth-order valence-corrected chi connectivity index (χ4v) is 2.57. The second kappa shape index (κ2) is 8.00. The van der Waals surface area contributed by atoms with Crippen molar-refractivity contribution in [3.8, 4) is 11.5 Å². The summed E-state index contributed by atoms with van der Waals surface area (Å²) in [6.07, 6.45) is 6.19. The standard InChI is InChI=1S/C18H18N4O5/c1-3-5-11-15(9-7-13(19)17(11)21(23)24)27-16-10-8-14(20)18(22(25)26)12(16)6-4-2/h3-10H,19-20H2,1-2H3. The minimum Gasteiger partial charge on any atom is -0.456 e. The maximum absolute atomic E-state index is 11.4. The third-order valence-corrected chi connectivity index (χ3v) is 3.67. The van der Waals surface area contributed by atoms with Gasteiger partial charge in [-0.25, -0.2) is 0 Å². The molecule has 0 aromatic heterocycles. The van der Waals surface area contributed by atoms with Crippen molar-refractivity contribution in [1.82, 2.24) is 0 Å². The fourth-order valence-electron chi connectivity index (χ4n) is 2.57. The summed E-state index contributed by atoms with van der Waals surface area (Å²) in [6, 6.07) is 5.64. The number of nitro benzene ring substituents is 2. The number of hydrogen-bond donors (Lipinski definition) is 2. The van der Waals surface area contributed by atoms with Crippen LogP contribution < -0.4 is 16.2 Å². The van der Waals surface area contributed by atoms with Crippen molar-refractivity contribution >= 4 is 34.9 Å². The molecule has 0 amide bonds. The number of benzene rings is 2. The van der Waals surface area contributed by atoms with Crippen molar-refractivity contribution < 1.29 is 14.6 Å². The van der Waals surface area contributed by atoms with Gasteiger partial charge < -0.3 is 16.2 Å². The molecular weight excluding hydrogens is 352 g/mol. The Morgan fingerprint density at radius 3 is 1.48 bits per heavy atom. The Morgan fingerprint density at radius 2 is 1.19 bits per heavy atom. The zero-order chi connectivity index (χ0) is 20.1. The zero-order valence-corrected chi connectivity index (χ0v) is 14.7. The van der Waals surface area contributed by atoms with E-state index in [-0.39, 0.29) is 45.4 Å². The highest BCUT2D eigenvalue weighted by molar-refractivity contribution is 5.79. The van der Waals surface area contributed by atoms with E-state index in [0.717, 1.165) is 0 Å². The van der Waals surface area contributed by atoms with Crippen molar-refractivity contribution in [2.45, 2.75) is 13.8 Å². The average molecular weight is 370 g/mol. The minimum absolute atomic E-state index is 0.0163. The van der Waals surface area contributed by atoms with E-state index in [0.29, 0.717) is 0 Å². The first kappa shape index (κ1) is 19.4. The van der Waals surface area contributed by atoms with Gasteiger partial charge in [-0.2, -0.15) is 0 Å². The largest absolute Gasteiger partial charge is 0.456 e. The lowest BCUT2D eigenvalue weighted by Crippen LogP contribution is -2.02. The molecule has 140 valence electrons. The smallest absolute Gasteiger partial charge is 0.303 e. The summed E-state index contributed by atoms with van der Waals surface area (Å²) >= 11 is 0. The van der Waals surface area contributed by atoms with E-state index < -0.39 is 9.85 Å². The molecule has 4 N–H and O–H groups in total. The molecule has 0 fully saturated rings. The number of anilines is 2. The fraction of sp³-hybridized carbons (Fsp3) is 0.111. The molecule has 0 radical (unpaired) electrons. The van der Waals surface area contributed by atoms with E-state index >= 15 is 0 Å². The summed E-state index contributed by atoms with van der Waals surface area (Å²) in [4.78, 5) is 21.6. The van der Waals surface area contributed by atoms with Gasteiger partial charge >= 0.3 is 11.4 Å². The van der Waals surface area contributed by atoms with Gasteiger partial charge in [-0.1, -0.05) is 12.2 Å². The van der Waals surface area contributed by atoms with Crippen molar-refractivity contribution in [3.63, 3.8) is 0 Å². The topological polar surface area (TPSA) is 148 Å². The molecule has 0 aliphatic rings. The van der Waals surface area contributed by atoms with Crippen LogP contribution in [0.5, 0.6) is 11.5 Å². The molecule has 0 saturated carbocycles. The molecule has 0 aliphatic carbocycles. The molecule has 0 atom stereocenters. The van der Waals surface area contributed by atoms with Gasteiger partial charge in [-0.05, 0) is 50.3 Å². The summed E-state index contributed by atoms with van der Waals surface area (Å²) in [5.41, 5.74) is 11.1. The monoisotopic (exact) mass is 370 g/mol. The summed E-state index contributed by atoms with van der Waals surface area (Å²) in [5, 5.41) is 22.8. The molecular formula is C18H18N4O5. The van der Waals surface area contributed by atoms with Crippen LogP contribution >= 0.6 is 0 Å². The quantitative estimate of drug-likeness (QED) is 0.431. The summed E-state index contributed by atoms with van der Waals surface area (Å²) < 4.78 is 5.81. The van der Waals surface area contributed by atoms with Crippen LogP contribution in [0.1, 0.15) is 25.0 Å². The van der Waals surface area contributed by atoms with Crippen LogP contribution in [-0.4, -0.2) is 9.85 Å². The molecule has 2 rings (SSSR count). The van der Waals surface area contributed by atoms with Gasteiger partial charge in [0, 0.05) is 0 Å². The number of allylic oxidation sites excluding steroid dienone is 2. The number of hydrogen-bond acceptors (Lipinski definition) is 7. The number of nitrogen functional groups attached to an aromatic ring is 2. The zero-order valence-electron chi connectivity index (χ0n) is 14.7. The highest BCUT2D eigenvalue weighted by atomic mass is 16.6. The van der Waals surface area contributed by atoms with Crippen LogP contribution in [0.25, 0.3) is 12.2 Å². The molecule has 2 aromatic carbocycles. The lowest BCUT2D eigenvalue weighted by Gasteiger charge is -2.13. The highest BCUT2D eigenvalue weighted by Crippen LogP contribution is 2.41. The van der Waals surface area contributed by atoms with E-state index in [4.69, 9.17) is 16.2 Å². The lowest BCUT2D eigenvalue weighted by atomic mass is 10.1. The van der Waals surface area contributed by atoms with Gasteiger partial charge in [0.15, 0.2) is 0 Å². The number of rotatable bonds is 6. The number of ether oxygens (including phenoxy) is 1. The van der Waals surface area contributed by atoms with Crippen LogP contribution in [0.3, 0.4) is 0 Å². The van der Waals surface area contributed by atoms with Crippen LogP contribution in [0.2, 0.25) is 0 Å². The normalized spacial score (nSPS) is 11.2. The van der Waals surface area contributed by atoms with Crippen molar-refractivity contribution in [3.05, 3.63) is 67.8 Å². The van der Waals surface area contributed by atoms with Crippen LogP contribution in [-0.2, 0) is 0 Å². The molecule has 0 spiro atoms. The Bertz CT molecular complexity index is 889. The first-order chi connectivity index (χ1) is 12.8. The lowest BCUT2D eigenvalue weighted by molar-refractivity contribution is -0.384. The van der Waals surface area contributed by atoms with Gasteiger partial charge in [-0.3, -0.25) is 20.2 Å². The van der Waals surface area contributed by atoms with Gasteiger partial charge in [0.2, 0.25) is 0 Å². The summed E-state index contributed by atoms with van der Waals surface area (Å²) in [5.74, 6) is 0.276. The third-order valence-electron chi connectivity index (χ3n) is 3.67. The van der Waals surface area contributed by atoms with Crippen molar-refractivity contribution in [2.24, 2.45) is 0 Å². The van der Waals surface area contributed by atoms with Gasteiger partial charge in [0.1, 0.15) is 22.9 Å². The maximum Gasteiger partial charge on any atom is 0.303 e. The Labute approximate surface area is 154 Å². The SMILES string of the molecule is CC=Cc1c(Oc2ccc(N)c([N+](=O)[O-])c2C=CC)ccc(N)c1[N+](=O)[O-]. The van der Waals surface area contributed by atoms with E-state index in [1.807, 2.05) is 0 Å². The van der Waals surface area contributed by atoms with Gasteiger partial charge in [0.05, 0.1) is 21.0 Å². The molecule has 0 aliphatic heterocycles. The van der Waals surface area contributed by atoms with Crippen molar-refractivity contribution in [2.75, 3.05) is 11.5 Å². The molecule has 0 heterocycles. The molecule has 0 unspecified atom stereocenters. The van der Waals surface area contributed by atoms with E-state index in [2.05, 4.69) is 0 Å². The third kappa shape index (κ3) is 3.87. The number of nitro groups is 2. The second-order valence-electron chi connectivity index (χ2n) is 5.45. The Hall–Kier alpha value is -3.88. The van der Waals surface area contributed by atoms with Gasteiger partial charge in [-0.15, -0.1) is 0 Å². The summed E-state index contributed by atoms with van der Waals surface area (Å²) in [7, 11) is 0. The van der Waals surface area contributed by atoms with E-state index in [1.165, 1.54) is 36.4 Å². The number of nitrogens with zero attached hydrogens (tertiary/aromatic N) is 2. The molecule has 9 heteroatoms. The second-order valence-corrected chi connectivity index (χ2v) is 5.45. The van der Waals surface area contributed by atoms with Crippen LogP contribution in [0.15, 0.2) is 36.4 Å². The molecule has 0 saturated heterocycles. The van der Waals surface area contributed by atoms with Gasteiger partial charge in [0.25, 0.3) is 0 Å². The van der Waals surface area contributed by atoms with Crippen LogP contribution in [0.4, 0.5) is 22.7 Å². The molecule has 2 aromatic rings. The maximum atomic E-state index is 11.4. The summed E-state index contributed by atoms with van der Waals surface area (Å²) in [6.45, 7) is 3.38. The van der Waals surface area contributed by atoms with Crippen molar-refractivity contribution in [1.29, 1.82) is 0 Å². The van der Waals surface area contributed by atoms with E-state index in [9.17, 15) is 20.2 Å². The first-order valence-corrected chi connectivity index (χ1v) is 7.88. The Balaban J connectivity index is 2.71. The molecule has 9 nitrogen and oxygen atoms in total. The first-order valence-electron chi connectivity index (χ1n) is 7.88.